The van der Waals surface area contributed by atoms with Crippen LogP contribution in [0, 0.1) is 0 Å². The summed E-state index contributed by atoms with van der Waals surface area (Å²) in [7, 11) is 0. The van der Waals surface area contributed by atoms with Crippen LogP contribution in [0.5, 0.6) is 0 Å². The molecule has 224 valence electrons. The lowest BCUT2D eigenvalue weighted by Gasteiger charge is -2.06. The van der Waals surface area contributed by atoms with Crippen molar-refractivity contribution in [2.45, 2.75) is 13.8 Å². The minimum absolute atomic E-state index is 0.790. The van der Waals surface area contributed by atoms with E-state index in [0.717, 1.165) is 77.8 Å². The van der Waals surface area contributed by atoms with Gasteiger partial charge in [0.25, 0.3) is 0 Å². The molecule has 10 aromatic rings. The van der Waals surface area contributed by atoms with Crippen molar-refractivity contribution in [3.63, 3.8) is 0 Å². The number of pyridine rings is 3. The molecule has 0 atom stereocenters. The second kappa shape index (κ2) is 10.9. The second-order valence-corrected chi connectivity index (χ2v) is 12.3. The highest BCUT2D eigenvalue weighted by atomic mass is 32.1. The molecule has 0 aliphatic rings. The quantitative estimate of drug-likeness (QED) is 0.195. The van der Waals surface area contributed by atoms with Crippen LogP contribution >= 0.6 is 11.3 Å². The molecule has 6 heterocycles. The molecular formula is C41H27N3O2S. The lowest BCUT2D eigenvalue weighted by atomic mass is 10.0. The fourth-order valence-corrected chi connectivity index (χ4v) is 7.47. The zero-order valence-electron chi connectivity index (χ0n) is 25.7. The van der Waals surface area contributed by atoms with Gasteiger partial charge in [0.1, 0.15) is 22.2 Å². The summed E-state index contributed by atoms with van der Waals surface area (Å²) in [5.41, 5.74) is 11.3. The maximum atomic E-state index is 6.01. The van der Waals surface area contributed by atoms with E-state index in [1.807, 2.05) is 67.8 Å². The van der Waals surface area contributed by atoms with Gasteiger partial charge in [0.2, 0.25) is 0 Å². The van der Waals surface area contributed by atoms with E-state index >= 15 is 0 Å². The van der Waals surface area contributed by atoms with E-state index in [4.69, 9.17) is 13.8 Å². The summed E-state index contributed by atoms with van der Waals surface area (Å²) in [5.74, 6) is 0. The Hall–Kier alpha value is -5.85. The molecule has 6 aromatic heterocycles. The highest BCUT2D eigenvalue weighted by Crippen LogP contribution is 2.40. The van der Waals surface area contributed by atoms with E-state index in [2.05, 4.69) is 88.8 Å². The van der Waals surface area contributed by atoms with Gasteiger partial charge in [-0.25, -0.2) is 4.98 Å². The monoisotopic (exact) mass is 625 g/mol. The Labute approximate surface area is 273 Å². The SMILES string of the molecule is CC.c1cc(-c2ccc3sc4ccc(-c5ccc6oc7cccnc7c6c5)cc4c3c2)nc(-c2ccc3oc4cccnc4c3c2)c1. The number of thiophene rings is 1. The van der Waals surface area contributed by atoms with Gasteiger partial charge >= 0.3 is 0 Å². The molecule has 10 rings (SSSR count). The Morgan fingerprint density at radius 3 is 1.51 bits per heavy atom. The maximum absolute atomic E-state index is 6.01. The zero-order valence-corrected chi connectivity index (χ0v) is 26.5. The fraction of sp³-hybridized carbons (Fsp3) is 0.0488. The Balaban J connectivity index is 0.00000149. The van der Waals surface area contributed by atoms with Crippen molar-refractivity contribution in [3.8, 4) is 33.6 Å². The van der Waals surface area contributed by atoms with Crippen molar-refractivity contribution in [1.29, 1.82) is 0 Å². The molecule has 0 amide bonds. The van der Waals surface area contributed by atoms with Gasteiger partial charge in [-0.05, 0) is 102 Å². The second-order valence-electron chi connectivity index (χ2n) is 11.3. The molecular weight excluding hydrogens is 599 g/mol. The molecule has 4 aromatic carbocycles. The van der Waals surface area contributed by atoms with Gasteiger partial charge in [0.05, 0.1) is 11.4 Å². The summed E-state index contributed by atoms with van der Waals surface area (Å²) in [4.78, 5) is 14.2. The summed E-state index contributed by atoms with van der Waals surface area (Å²) in [6.45, 7) is 4.00. The third kappa shape index (κ3) is 4.48. The number of fused-ring (bicyclic) bond motifs is 9. The maximum Gasteiger partial charge on any atom is 0.153 e. The summed E-state index contributed by atoms with van der Waals surface area (Å²) in [6.07, 6.45) is 3.61. The summed E-state index contributed by atoms with van der Waals surface area (Å²) < 4.78 is 14.5. The summed E-state index contributed by atoms with van der Waals surface area (Å²) >= 11 is 1.82. The van der Waals surface area contributed by atoms with Crippen molar-refractivity contribution in [1.82, 2.24) is 15.0 Å². The number of nitrogens with zero attached hydrogens (tertiary/aromatic N) is 3. The first-order valence-electron chi connectivity index (χ1n) is 15.7. The molecule has 5 nitrogen and oxygen atoms in total. The largest absolute Gasteiger partial charge is 0.454 e. The standard InChI is InChI=1S/C39H21N3O2S.C2H6/c1-4-30(24-9-13-33-29(21-24)39-35(44-33)7-3-17-41-39)42-31(5-1)25-11-15-37-27(20-25)26-18-23(10-14-36(26)45-37)22-8-12-32-28(19-22)38-34(43-32)6-2-16-40-38;1-2/h1-21H;1-2H3. The van der Waals surface area contributed by atoms with Crippen LogP contribution in [0.4, 0.5) is 0 Å². The zero-order chi connectivity index (χ0) is 31.5. The molecule has 0 bridgehead atoms. The third-order valence-corrected chi connectivity index (χ3v) is 9.75. The molecule has 0 spiro atoms. The number of aromatic nitrogens is 3. The summed E-state index contributed by atoms with van der Waals surface area (Å²) in [6, 6.07) is 39.9. The first-order valence-corrected chi connectivity index (χ1v) is 16.6. The first kappa shape index (κ1) is 27.5. The predicted octanol–water partition coefficient (Wildman–Crippen LogP) is 12.1. The minimum Gasteiger partial charge on any atom is -0.454 e. The first-order chi connectivity index (χ1) is 23.2. The van der Waals surface area contributed by atoms with Gasteiger partial charge in [-0.15, -0.1) is 11.3 Å². The number of hydrogen-bond acceptors (Lipinski definition) is 6. The number of rotatable bonds is 3. The van der Waals surface area contributed by atoms with Crippen molar-refractivity contribution < 1.29 is 8.83 Å². The Morgan fingerprint density at radius 1 is 0.447 bits per heavy atom. The van der Waals surface area contributed by atoms with Gasteiger partial charge in [-0.3, -0.25) is 9.97 Å². The molecule has 0 saturated carbocycles. The molecule has 0 N–H and O–H groups in total. The van der Waals surface area contributed by atoms with Gasteiger partial charge in [0.15, 0.2) is 11.2 Å². The van der Waals surface area contributed by atoms with Crippen molar-refractivity contribution in [2.24, 2.45) is 0 Å². The number of hydrogen-bond donors (Lipinski definition) is 0. The normalized spacial score (nSPS) is 11.6. The van der Waals surface area contributed by atoms with Crippen LogP contribution in [-0.4, -0.2) is 15.0 Å². The molecule has 0 fully saturated rings. The Morgan fingerprint density at radius 2 is 0.915 bits per heavy atom. The van der Waals surface area contributed by atoms with Crippen LogP contribution in [0.25, 0.3) is 98.0 Å². The van der Waals surface area contributed by atoms with Crippen LogP contribution in [0.15, 0.2) is 136 Å². The van der Waals surface area contributed by atoms with Gasteiger partial charge in [0, 0.05) is 54.5 Å². The van der Waals surface area contributed by atoms with Crippen LogP contribution in [0.3, 0.4) is 0 Å². The van der Waals surface area contributed by atoms with Crippen LogP contribution in [0.2, 0.25) is 0 Å². The van der Waals surface area contributed by atoms with Gasteiger partial charge < -0.3 is 8.83 Å². The lowest BCUT2D eigenvalue weighted by Crippen LogP contribution is -1.88. The van der Waals surface area contributed by atoms with Crippen LogP contribution in [-0.2, 0) is 0 Å². The van der Waals surface area contributed by atoms with Crippen LogP contribution < -0.4 is 0 Å². The molecule has 47 heavy (non-hydrogen) atoms. The highest BCUT2D eigenvalue weighted by molar-refractivity contribution is 7.25. The fourth-order valence-electron chi connectivity index (χ4n) is 6.41. The average Bonchev–Trinajstić information content (AvgIpc) is 3.82. The lowest BCUT2D eigenvalue weighted by molar-refractivity contribution is 0.668. The molecule has 0 aliphatic heterocycles. The Bertz CT molecular complexity index is 2790. The van der Waals surface area contributed by atoms with E-state index in [1.165, 1.54) is 20.2 Å². The molecule has 0 unspecified atom stereocenters. The van der Waals surface area contributed by atoms with Crippen LogP contribution in [0.1, 0.15) is 13.8 Å². The van der Waals surface area contributed by atoms with Gasteiger partial charge in [-0.2, -0.15) is 0 Å². The minimum atomic E-state index is 0.790. The van der Waals surface area contributed by atoms with E-state index in [1.54, 1.807) is 6.20 Å². The molecule has 0 radical (unpaired) electrons. The van der Waals surface area contributed by atoms with E-state index in [0.29, 0.717) is 0 Å². The van der Waals surface area contributed by atoms with Gasteiger partial charge in [-0.1, -0.05) is 38.1 Å². The summed E-state index contributed by atoms with van der Waals surface area (Å²) in [5, 5.41) is 4.50. The average molecular weight is 626 g/mol. The molecule has 6 heteroatoms. The highest BCUT2D eigenvalue weighted by Gasteiger charge is 2.14. The molecule has 0 aliphatic carbocycles. The topological polar surface area (TPSA) is 65.0 Å². The number of benzene rings is 4. The number of furan rings is 2. The Kier molecular flexibility index (Phi) is 6.37. The van der Waals surface area contributed by atoms with Crippen molar-refractivity contribution >= 4 is 75.6 Å². The van der Waals surface area contributed by atoms with Crippen molar-refractivity contribution in [3.05, 3.63) is 128 Å². The third-order valence-electron chi connectivity index (χ3n) is 8.59. The van der Waals surface area contributed by atoms with E-state index < -0.39 is 0 Å². The van der Waals surface area contributed by atoms with Crippen molar-refractivity contribution in [2.75, 3.05) is 0 Å². The predicted molar refractivity (Wildman–Crippen MR) is 195 cm³/mol. The van der Waals surface area contributed by atoms with E-state index in [9.17, 15) is 0 Å². The molecule has 0 saturated heterocycles. The smallest absolute Gasteiger partial charge is 0.153 e. The van der Waals surface area contributed by atoms with E-state index in [-0.39, 0.29) is 0 Å².